The fourth-order valence-corrected chi connectivity index (χ4v) is 5.45. The van der Waals surface area contributed by atoms with Gasteiger partial charge < -0.3 is 14.4 Å². The molecule has 2 saturated heterocycles. The zero-order valence-electron chi connectivity index (χ0n) is 13.2. The van der Waals surface area contributed by atoms with Crippen LogP contribution in [0.1, 0.15) is 29.7 Å². The average molecular weight is 331 g/mol. The van der Waals surface area contributed by atoms with Gasteiger partial charge in [-0.05, 0) is 37.7 Å². The lowest BCUT2D eigenvalue weighted by Gasteiger charge is -2.35. The normalized spacial score (nSPS) is 25.4. The number of rotatable bonds is 2. The number of fused-ring (bicyclic) bond motifs is 3. The monoisotopic (exact) mass is 331 g/mol. The highest BCUT2D eigenvalue weighted by molar-refractivity contribution is 7.19. The fraction of sp³-hybridized carbons (Fsp3) is 0.647. The topological polar surface area (TPSA) is 47.5 Å². The van der Waals surface area contributed by atoms with Crippen molar-refractivity contribution >= 4 is 27.4 Å². The van der Waals surface area contributed by atoms with Crippen LogP contribution in [0.15, 0.2) is 6.33 Å². The van der Waals surface area contributed by atoms with E-state index in [9.17, 15) is 0 Å². The van der Waals surface area contributed by atoms with E-state index < -0.39 is 0 Å². The van der Waals surface area contributed by atoms with Gasteiger partial charge in [-0.25, -0.2) is 9.97 Å². The summed E-state index contributed by atoms with van der Waals surface area (Å²) in [6.07, 6.45) is 7.73. The molecule has 3 aliphatic rings. The number of aryl methyl sites for hydroxylation is 2. The molecular weight excluding hydrogens is 310 g/mol. The maximum Gasteiger partial charge on any atom is 0.162 e. The standard InChI is InChI=1S/C17H21N3O2S/c1-4-12-13(5-1)23-16-14(12)15(18-10-19-16)20-6-2-3-11(9-20)17-21-7-8-22-17/h10-11,17H,1-9H2/t11-/m0/s1. The Morgan fingerprint density at radius 1 is 1.13 bits per heavy atom. The molecule has 5 nitrogen and oxygen atoms in total. The highest BCUT2D eigenvalue weighted by Crippen LogP contribution is 2.41. The highest BCUT2D eigenvalue weighted by Gasteiger charge is 2.33. The molecule has 4 heterocycles. The molecule has 2 aliphatic heterocycles. The summed E-state index contributed by atoms with van der Waals surface area (Å²) in [5.41, 5.74) is 1.51. The number of piperidine rings is 1. The Hall–Kier alpha value is -1.24. The van der Waals surface area contributed by atoms with Crippen molar-refractivity contribution in [1.82, 2.24) is 9.97 Å². The van der Waals surface area contributed by atoms with Gasteiger partial charge in [-0.1, -0.05) is 0 Å². The molecule has 2 aromatic rings. The molecule has 0 N–H and O–H groups in total. The van der Waals surface area contributed by atoms with E-state index in [1.54, 1.807) is 6.33 Å². The molecule has 0 radical (unpaired) electrons. The smallest absolute Gasteiger partial charge is 0.162 e. The molecule has 0 spiro atoms. The van der Waals surface area contributed by atoms with Crippen molar-refractivity contribution in [2.24, 2.45) is 5.92 Å². The van der Waals surface area contributed by atoms with E-state index in [0.29, 0.717) is 5.92 Å². The van der Waals surface area contributed by atoms with E-state index >= 15 is 0 Å². The Labute approximate surface area is 139 Å². The van der Waals surface area contributed by atoms with Gasteiger partial charge in [-0.15, -0.1) is 11.3 Å². The van der Waals surface area contributed by atoms with Crippen LogP contribution in [-0.2, 0) is 22.3 Å². The second-order valence-corrected chi connectivity index (χ2v) is 7.78. The number of aromatic nitrogens is 2. The van der Waals surface area contributed by atoms with Crippen molar-refractivity contribution < 1.29 is 9.47 Å². The lowest BCUT2D eigenvalue weighted by molar-refractivity contribution is -0.0858. The van der Waals surface area contributed by atoms with Crippen LogP contribution < -0.4 is 4.90 Å². The molecule has 1 atom stereocenters. The predicted octanol–water partition coefficient (Wildman–Crippen LogP) is 2.77. The van der Waals surface area contributed by atoms with E-state index in [2.05, 4.69) is 14.9 Å². The number of ether oxygens (including phenoxy) is 2. The van der Waals surface area contributed by atoms with Crippen LogP contribution >= 0.6 is 11.3 Å². The third-order valence-corrected chi connectivity index (χ3v) is 6.47. The molecule has 1 aliphatic carbocycles. The minimum atomic E-state index is -0.0247. The van der Waals surface area contributed by atoms with E-state index in [1.165, 1.54) is 47.9 Å². The van der Waals surface area contributed by atoms with Gasteiger partial charge in [-0.3, -0.25) is 0 Å². The minimum Gasteiger partial charge on any atom is -0.355 e. The Kier molecular flexibility index (Phi) is 3.49. The van der Waals surface area contributed by atoms with Gasteiger partial charge in [-0.2, -0.15) is 0 Å². The van der Waals surface area contributed by atoms with Crippen molar-refractivity contribution in [2.45, 2.75) is 38.4 Å². The number of anilines is 1. The first-order valence-electron chi connectivity index (χ1n) is 8.63. The summed E-state index contributed by atoms with van der Waals surface area (Å²) in [7, 11) is 0. The molecule has 23 heavy (non-hydrogen) atoms. The van der Waals surface area contributed by atoms with Crippen molar-refractivity contribution in [2.75, 3.05) is 31.2 Å². The van der Waals surface area contributed by atoms with Gasteiger partial charge in [0.15, 0.2) is 6.29 Å². The van der Waals surface area contributed by atoms with Gasteiger partial charge in [0, 0.05) is 23.9 Å². The third kappa shape index (κ3) is 2.35. The first-order chi connectivity index (χ1) is 11.4. The van der Waals surface area contributed by atoms with Crippen LogP contribution in [0.25, 0.3) is 10.2 Å². The van der Waals surface area contributed by atoms with Gasteiger partial charge in [0.1, 0.15) is 17.0 Å². The summed E-state index contributed by atoms with van der Waals surface area (Å²) in [5.74, 6) is 1.58. The van der Waals surface area contributed by atoms with Crippen molar-refractivity contribution in [3.8, 4) is 0 Å². The van der Waals surface area contributed by atoms with E-state index in [0.717, 1.165) is 37.0 Å². The lowest BCUT2D eigenvalue weighted by atomic mass is 9.97. The van der Waals surface area contributed by atoms with Crippen LogP contribution in [-0.4, -0.2) is 42.6 Å². The third-order valence-electron chi connectivity index (χ3n) is 5.27. The highest BCUT2D eigenvalue weighted by atomic mass is 32.1. The second kappa shape index (κ2) is 5.69. The number of thiophene rings is 1. The fourth-order valence-electron chi connectivity index (χ4n) is 4.23. The Bertz CT molecular complexity index is 726. The van der Waals surface area contributed by atoms with Gasteiger partial charge in [0.2, 0.25) is 0 Å². The molecule has 0 saturated carbocycles. The molecule has 0 bridgehead atoms. The van der Waals surface area contributed by atoms with Crippen molar-refractivity contribution in [1.29, 1.82) is 0 Å². The summed E-state index contributed by atoms with van der Waals surface area (Å²) in [5, 5.41) is 1.32. The second-order valence-electron chi connectivity index (χ2n) is 6.69. The molecule has 2 aromatic heterocycles. The molecule has 0 aromatic carbocycles. The Balaban J connectivity index is 1.50. The zero-order valence-corrected chi connectivity index (χ0v) is 14.0. The quantitative estimate of drug-likeness (QED) is 0.847. The molecule has 6 heteroatoms. The lowest BCUT2D eigenvalue weighted by Crippen LogP contribution is -2.41. The van der Waals surface area contributed by atoms with E-state index in [4.69, 9.17) is 9.47 Å². The first kappa shape index (κ1) is 14.1. The van der Waals surface area contributed by atoms with E-state index in [1.807, 2.05) is 11.3 Å². The molecular formula is C17H21N3O2S. The Morgan fingerprint density at radius 3 is 2.96 bits per heavy atom. The Morgan fingerprint density at radius 2 is 2.04 bits per heavy atom. The summed E-state index contributed by atoms with van der Waals surface area (Å²) in [4.78, 5) is 14.3. The number of hydrogen-bond donors (Lipinski definition) is 0. The molecule has 0 unspecified atom stereocenters. The maximum absolute atomic E-state index is 5.74. The first-order valence-corrected chi connectivity index (χ1v) is 9.45. The van der Waals surface area contributed by atoms with E-state index in [-0.39, 0.29) is 6.29 Å². The summed E-state index contributed by atoms with van der Waals surface area (Å²) >= 11 is 1.86. The van der Waals surface area contributed by atoms with Crippen molar-refractivity contribution in [3.63, 3.8) is 0 Å². The summed E-state index contributed by atoms with van der Waals surface area (Å²) in [6, 6.07) is 0. The molecule has 122 valence electrons. The summed E-state index contributed by atoms with van der Waals surface area (Å²) < 4.78 is 11.5. The predicted molar refractivity (Wildman–Crippen MR) is 90.1 cm³/mol. The molecule has 0 amide bonds. The minimum absolute atomic E-state index is 0.0247. The summed E-state index contributed by atoms with van der Waals surface area (Å²) in [6.45, 7) is 3.51. The van der Waals surface area contributed by atoms with Gasteiger partial charge in [0.05, 0.1) is 18.6 Å². The SMILES string of the molecule is c1nc(N2CCC[C@H](C3OCCO3)C2)c2c3c(sc2n1)CCC3. The maximum atomic E-state index is 5.74. The van der Waals surface area contributed by atoms with Gasteiger partial charge >= 0.3 is 0 Å². The van der Waals surface area contributed by atoms with Gasteiger partial charge in [0.25, 0.3) is 0 Å². The van der Waals surface area contributed by atoms with Crippen LogP contribution in [0, 0.1) is 5.92 Å². The van der Waals surface area contributed by atoms with Crippen molar-refractivity contribution in [3.05, 3.63) is 16.8 Å². The molecule has 5 rings (SSSR count). The average Bonchev–Trinajstić information content (AvgIpc) is 3.31. The number of hydrogen-bond acceptors (Lipinski definition) is 6. The zero-order chi connectivity index (χ0) is 15.2. The largest absolute Gasteiger partial charge is 0.355 e. The van der Waals surface area contributed by atoms with Crippen LogP contribution in [0.5, 0.6) is 0 Å². The van der Waals surface area contributed by atoms with Crippen LogP contribution in [0.4, 0.5) is 5.82 Å². The number of nitrogens with zero attached hydrogens (tertiary/aromatic N) is 3. The van der Waals surface area contributed by atoms with Crippen LogP contribution in [0.3, 0.4) is 0 Å². The van der Waals surface area contributed by atoms with Crippen LogP contribution in [0.2, 0.25) is 0 Å². The molecule has 2 fully saturated rings.